The van der Waals surface area contributed by atoms with E-state index < -0.39 is 27.7 Å². The Labute approximate surface area is 184 Å². The van der Waals surface area contributed by atoms with E-state index >= 15 is 0 Å². The summed E-state index contributed by atoms with van der Waals surface area (Å²) in [7, 11) is -3.70. The predicted octanol–water partition coefficient (Wildman–Crippen LogP) is 3.55. The molecule has 1 saturated heterocycles. The summed E-state index contributed by atoms with van der Waals surface area (Å²) in [4.78, 5) is 12.2. The summed E-state index contributed by atoms with van der Waals surface area (Å²) in [6, 6.07) is 10.3. The van der Waals surface area contributed by atoms with Gasteiger partial charge in [0.25, 0.3) is 0 Å². The molecule has 7 nitrogen and oxygen atoms in total. The van der Waals surface area contributed by atoms with Crippen molar-refractivity contribution in [1.82, 2.24) is 4.31 Å². The Morgan fingerprint density at radius 2 is 1.69 bits per heavy atom. The van der Waals surface area contributed by atoms with Crippen LogP contribution in [0.4, 0.5) is 24.5 Å². The van der Waals surface area contributed by atoms with E-state index in [1.54, 1.807) is 0 Å². The Kier molecular flexibility index (Phi) is 7.11. The number of ether oxygens (including phenoxy) is 1. The lowest BCUT2D eigenvalue weighted by molar-refractivity contribution is -0.137. The number of sulfonamides is 1. The number of nitrogens with zero attached hydrogens (tertiary/aromatic N) is 1. The van der Waals surface area contributed by atoms with Gasteiger partial charge in [-0.3, -0.25) is 4.79 Å². The van der Waals surface area contributed by atoms with Crippen LogP contribution in [0.1, 0.15) is 19.4 Å². The van der Waals surface area contributed by atoms with Gasteiger partial charge in [0, 0.05) is 24.5 Å². The molecule has 0 spiro atoms. The molecular weight excluding hydrogens is 447 g/mol. The highest BCUT2D eigenvalue weighted by molar-refractivity contribution is 7.89. The SMILES string of the molecule is CC1CN(S(=O)(=O)c2ccc(NC(=O)CNc3cccc(C(F)(F)F)c3)cc2)CC(C)O1. The van der Waals surface area contributed by atoms with Gasteiger partial charge in [-0.15, -0.1) is 0 Å². The minimum Gasteiger partial charge on any atom is -0.376 e. The van der Waals surface area contributed by atoms with Crippen LogP contribution in [0.25, 0.3) is 0 Å². The first-order valence-electron chi connectivity index (χ1n) is 9.92. The number of halogens is 3. The molecule has 0 bridgehead atoms. The van der Waals surface area contributed by atoms with Gasteiger partial charge < -0.3 is 15.4 Å². The molecule has 2 aromatic carbocycles. The van der Waals surface area contributed by atoms with Crippen LogP contribution in [0.5, 0.6) is 0 Å². The number of carbonyl (C=O) groups excluding carboxylic acids is 1. The lowest BCUT2D eigenvalue weighted by atomic mass is 10.2. The number of amides is 1. The zero-order valence-corrected chi connectivity index (χ0v) is 18.3. The van der Waals surface area contributed by atoms with Gasteiger partial charge in [0.1, 0.15) is 0 Å². The Morgan fingerprint density at radius 1 is 1.06 bits per heavy atom. The van der Waals surface area contributed by atoms with Crippen LogP contribution in [0.3, 0.4) is 0 Å². The van der Waals surface area contributed by atoms with Crippen LogP contribution >= 0.6 is 0 Å². The number of nitrogens with one attached hydrogen (secondary N) is 2. The molecule has 2 aromatic rings. The van der Waals surface area contributed by atoms with Gasteiger partial charge in [0.05, 0.1) is 29.2 Å². The highest BCUT2D eigenvalue weighted by Gasteiger charge is 2.32. The third-order valence-corrected chi connectivity index (χ3v) is 6.65. The number of carbonyl (C=O) groups is 1. The monoisotopic (exact) mass is 471 g/mol. The second-order valence-electron chi connectivity index (χ2n) is 7.58. The number of alkyl halides is 3. The molecule has 174 valence electrons. The molecule has 0 aromatic heterocycles. The average Bonchev–Trinajstić information content (AvgIpc) is 2.71. The van der Waals surface area contributed by atoms with Gasteiger partial charge in [-0.05, 0) is 56.3 Å². The van der Waals surface area contributed by atoms with Crippen molar-refractivity contribution >= 4 is 27.3 Å². The van der Waals surface area contributed by atoms with E-state index in [4.69, 9.17) is 4.74 Å². The van der Waals surface area contributed by atoms with E-state index in [9.17, 15) is 26.4 Å². The predicted molar refractivity (Wildman–Crippen MR) is 114 cm³/mol. The Bertz CT molecular complexity index is 1050. The maximum absolute atomic E-state index is 12.9. The van der Waals surface area contributed by atoms with Crippen LogP contribution in [-0.2, 0) is 25.7 Å². The molecule has 2 unspecified atom stereocenters. The van der Waals surface area contributed by atoms with Gasteiger partial charge in [0.2, 0.25) is 15.9 Å². The van der Waals surface area contributed by atoms with E-state index in [1.807, 2.05) is 13.8 Å². The molecule has 1 fully saturated rings. The summed E-state index contributed by atoms with van der Waals surface area (Å²) in [5.74, 6) is -0.492. The fourth-order valence-corrected chi connectivity index (χ4v) is 4.97. The maximum Gasteiger partial charge on any atom is 0.416 e. The third-order valence-electron chi connectivity index (χ3n) is 4.80. The molecule has 1 heterocycles. The number of hydrogen-bond donors (Lipinski definition) is 2. The third kappa shape index (κ3) is 5.99. The van der Waals surface area contributed by atoms with Gasteiger partial charge in [-0.2, -0.15) is 17.5 Å². The first-order valence-corrected chi connectivity index (χ1v) is 11.4. The van der Waals surface area contributed by atoms with E-state index in [2.05, 4.69) is 10.6 Å². The lowest BCUT2D eigenvalue weighted by Crippen LogP contribution is -2.48. The Morgan fingerprint density at radius 3 is 2.28 bits per heavy atom. The second-order valence-corrected chi connectivity index (χ2v) is 9.52. The average molecular weight is 472 g/mol. The maximum atomic E-state index is 12.9. The topological polar surface area (TPSA) is 87.7 Å². The van der Waals surface area contributed by atoms with Crippen molar-refractivity contribution in [1.29, 1.82) is 0 Å². The molecule has 3 rings (SSSR count). The minimum atomic E-state index is -4.47. The summed E-state index contributed by atoms with van der Waals surface area (Å²) < 4.78 is 71.0. The quantitative estimate of drug-likeness (QED) is 0.673. The normalized spacial score (nSPS) is 20.0. The van der Waals surface area contributed by atoms with Crippen LogP contribution in [-0.4, -0.2) is 50.5 Å². The van der Waals surface area contributed by atoms with E-state index in [1.165, 1.54) is 40.7 Å². The number of rotatable bonds is 6. The van der Waals surface area contributed by atoms with E-state index in [-0.39, 0.29) is 42.4 Å². The van der Waals surface area contributed by atoms with Crippen LogP contribution in [0.15, 0.2) is 53.4 Å². The first-order chi connectivity index (χ1) is 14.9. The second kappa shape index (κ2) is 9.47. The molecule has 1 aliphatic rings. The van der Waals surface area contributed by atoms with Crippen molar-refractivity contribution in [2.45, 2.75) is 37.1 Å². The van der Waals surface area contributed by atoms with E-state index in [0.717, 1.165) is 12.1 Å². The highest BCUT2D eigenvalue weighted by atomic mass is 32.2. The molecule has 0 radical (unpaired) electrons. The molecule has 11 heteroatoms. The van der Waals surface area contributed by atoms with Crippen LogP contribution in [0, 0.1) is 0 Å². The minimum absolute atomic E-state index is 0.0962. The summed E-state index contributed by atoms with van der Waals surface area (Å²) in [6.45, 7) is 3.87. The lowest BCUT2D eigenvalue weighted by Gasteiger charge is -2.34. The molecule has 1 aliphatic heterocycles. The van der Waals surface area contributed by atoms with Crippen molar-refractivity contribution < 1.29 is 31.1 Å². The van der Waals surface area contributed by atoms with Crippen LogP contribution in [0.2, 0.25) is 0 Å². The number of benzene rings is 2. The molecule has 0 saturated carbocycles. The largest absolute Gasteiger partial charge is 0.416 e. The fraction of sp³-hybridized carbons (Fsp3) is 0.381. The first kappa shape index (κ1) is 24.0. The van der Waals surface area contributed by atoms with Crippen molar-refractivity contribution in [2.75, 3.05) is 30.3 Å². The molecule has 1 amide bonds. The molecule has 32 heavy (non-hydrogen) atoms. The standard InChI is InChI=1S/C21H24F3N3O4S/c1-14-12-27(13-15(2)31-14)32(29,30)19-8-6-17(7-9-19)26-20(28)11-25-18-5-3-4-16(10-18)21(22,23)24/h3-10,14-15,25H,11-13H2,1-2H3,(H,26,28). The zero-order valence-electron chi connectivity index (χ0n) is 17.5. The van der Waals surface area contributed by atoms with Gasteiger partial charge in [-0.25, -0.2) is 8.42 Å². The molecule has 2 N–H and O–H groups in total. The Hall–Kier alpha value is -2.63. The van der Waals surface area contributed by atoms with Crippen molar-refractivity contribution in [2.24, 2.45) is 0 Å². The van der Waals surface area contributed by atoms with Crippen molar-refractivity contribution in [3.05, 3.63) is 54.1 Å². The highest BCUT2D eigenvalue weighted by Crippen LogP contribution is 2.30. The van der Waals surface area contributed by atoms with Crippen molar-refractivity contribution in [3.63, 3.8) is 0 Å². The molecule has 2 atom stereocenters. The van der Waals surface area contributed by atoms with Gasteiger partial charge >= 0.3 is 6.18 Å². The number of anilines is 2. The van der Waals surface area contributed by atoms with Gasteiger partial charge in [0.15, 0.2) is 0 Å². The summed E-state index contributed by atoms with van der Waals surface area (Å²) in [5, 5.41) is 5.21. The molecule has 0 aliphatic carbocycles. The smallest absolute Gasteiger partial charge is 0.376 e. The molecular formula is C21H24F3N3O4S. The van der Waals surface area contributed by atoms with Gasteiger partial charge in [-0.1, -0.05) is 6.07 Å². The van der Waals surface area contributed by atoms with E-state index in [0.29, 0.717) is 5.69 Å². The summed E-state index contributed by atoms with van der Waals surface area (Å²) in [5.41, 5.74) is -0.294. The zero-order chi connectivity index (χ0) is 23.5. The van der Waals surface area contributed by atoms with Crippen LogP contribution < -0.4 is 10.6 Å². The number of hydrogen-bond acceptors (Lipinski definition) is 5. The fourth-order valence-electron chi connectivity index (χ4n) is 3.38. The number of morpholine rings is 1. The summed E-state index contributed by atoms with van der Waals surface area (Å²) in [6.07, 6.45) is -4.90. The Balaban J connectivity index is 1.59. The van der Waals surface area contributed by atoms with Crippen molar-refractivity contribution in [3.8, 4) is 0 Å². The summed E-state index contributed by atoms with van der Waals surface area (Å²) >= 11 is 0.